The van der Waals surface area contributed by atoms with Gasteiger partial charge in [-0.3, -0.25) is 4.79 Å². The van der Waals surface area contributed by atoms with Crippen molar-refractivity contribution in [1.82, 2.24) is 10.3 Å². The first-order chi connectivity index (χ1) is 9.13. The molecule has 0 aromatic carbocycles. The van der Waals surface area contributed by atoms with Crippen LogP contribution in [-0.2, 0) is 4.79 Å². The lowest BCUT2D eigenvalue weighted by Crippen LogP contribution is -2.34. The number of amides is 1. The molecule has 2 heterocycles. The standard InChI is InChI=1S/C13H15BrFN3O/c14-9-5-11(15)12(16-6-9)18-4-3-8(7-18)13(19)17-10-1-2-10/h5-6,8,10H,1-4,7H2,(H,17,19). The average Bonchev–Trinajstić information content (AvgIpc) is 3.04. The lowest BCUT2D eigenvalue weighted by molar-refractivity contribution is -0.124. The molecule has 1 saturated heterocycles. The van der Waals surface area contributed by atoms with E-state index in [1.54, 1.807) is 6.20 Å². The second kappa shape index (κ2) is 5.07. The number of anilines is 1. The van der Waals surface area contributed by atoms with Gasteiger partial charge in [0.15, 0.2) is 11.6 Å². The highest BCUT2D eigenvalue weighted by Crippen LogP contribution is 2.27. The highest BCUT2D eigenvalue weighted by atomic mass is 79.9. The summed E-state index contributed by atoms with van der Waals surface area (Å²) >= 11 is 3.19. The third-order valence-corrected chi connectivity index (χ3v) is 4.00. The predicted octanol–water partition coefficient (Wildman–Crippen LogP) is 2.09. The maximum absolute atomic E-state index is 13.8. The van der Waals surface area contributed by atoms with Crippen molar-refractivity contribution >= 4 is 27.7 Å². The van der Waals surface area contributed by atoms with Crippen LogP contribution in [0, 0.1) is 11.7 Å². The van der Waals surface area contributed by atoms with Gasteiger partial charge < -0.3 is 10.2 Å². The number of hydrogen-bond donors (Lipinski definition) is 1. The van der Waals surface area contributed by atoms with Gasteiger partial charge in [-0.15, -0.1) is 0 Å². The Morgan fingerprint density at radius 2 is 2.26 bits per heavy atom. The van der Waals surface area contributed by atoms with Crippen molar-refractivity contribution < 1.29 is 9.18 Å². The molecule has 1 aromatic rings. The van der Waals surface area contributed by atoms with Crippen molar-refractivity contribution in [3.05, 3.63) is 22.6 Å². The molecular weight excluding hydrogens is 313 g/mol. The van der Waals surface area contributed by atoms with Crippen LogP contribution in [0.1, 0.15) is 19.3 Å². The van der Waals surface area contributed by atoms with Crippen molar-refractivity contribution in [2.24, 2.45) is 5.92 Å². The van der Waals surface area contributed by atoms with E-state index in [4.69, 9.17) is 0 Å². The molecule has 1 aliphatic heterocycles. The first-order valence-corrected chi connectivity index (χ1v) is 7.29. The highest BCUT2D eigenvalue weighted by Gasteiger charge is 2.33. The van der Waals surface area contributed by atoms with Gasteiger partial charge in [0.25, 0.3) is 0 Å². The minimum absolute atomic E-state index is 0.0505. The molecule has 3 rings (SSSR count). The fourth-order valence-corrected chi connectivity index (χ4v) is 2.66. The van der Waals surface area contributed by atoms with Crippen LogP contribution in [-0.4, -0.2) is 30.0 Å². The number of hydrogen-bond acceptors (Lipinski definition) is 3. The van der Waals surface area contributed by atoms with Crippen molar-refractivity contribution in [3.63, 3.8) is 0 Å². The van der Waals surface area contributed by atoms with E-state index in [2.05, 4.69) is 26.2 Å². The zero-order valence-corrected chi connectivity index (χ0v) is 12.0. The molecular formula is C13H15BrFN3O. The molecule has 4 nitrogen and oxygen atoms in total. The third-order valence-electron chi connectivity index (χ3n) is 3.57. The highest BCUT2D eigenvalue weighted by molar-refractivity contribution is 9.10. The monoisotopic (exact) mass is 327 g/mol. The quantitative estimate of drug-likeness (QED) is 0.924. The molecule has 1 unspecified atom stereocenters. The van der Waals surface area contributed by atoms with E-state index >= 15 is 0 Å². The van der Waals surface area contributed by atoms with E-state index in [9.17, 15) is 9.18 Å². The van der Waals surface area contributed by atoms with Gasteiger partial charge in [0, 0.05) is 29.8 Å². The largest absolute Gasteiger partial charge is 0.353 e. The lowest BCUT2D eigenvalue weighted by Gasteiger charge is -2.18. The van der Waals surface area contributed by atoms with Crippen molar-refractivity contribution in [2.45, 2.75) is 25.3 Å². The Balaban J connectivity index is 1.65. The van der Waals surface area contributed by atoms with Gasteiger partial charge in [-0.2, -0.15) is 0 Å². The molecule has 19 heavy (non-hydrogen) atoms. The second-order valence-corrected chi connectivity index (χ2v) is 6.09. The fraction of sp³-hybridized carbons (Fsp3) is 0.538. The molecule has 0 bridgehead atoms. The van der Waals surface area contributed by atoms with E-state index < -0.39 is 0 Å². The molecule has 1 aliphatic carbocycles. The summed E-state index contributed by atoms with van der Waals surface area (Å²) in [5.41, 5.74) is 0. The summed E-state index contributed by atoms with van der Waals surface area (Å²) in [6, 6.07) is 1.78. The van der Waals surface area contributed by atoms with Crippen LogP contribution in [0.2, 0.25) is 0 Å². The Bertz CT molecular complexity index is 507. The van der Waals surface area contributed by atoms with Gasteiger partial charge in [0.2, 0.25) is 5.91 Å². The zero-order valence-electron chi connectivity index (χ0n) is 10.4. The zero-order chi connectivity index (χ0) is 13.4. The molecule has 102 valence electrons. The maximum atomic E-state index is 13.8. The number of pyridine rings is 1. The first-order valence-electron chi connectivity index (χ1n) is 6.50. The van der Waals surface area contributed by atoms with Gasteiger partial charge in [0.05, 0.1) is 5.92 Å². The maximum Gasteiger partial charge on any atom is 0.225 e. The van der Waals surface area contributed by atoms with Crippen molar-refractivity contribution in [2.75, 3.05) is 18.0 Å². The smallest absolute Gasteiger partial charge is 0.225 e. The number of halogens is 2. The van der Waals surface area contributed by atoms with E-state index in [-0.39, 0.29) is 17.6 Å². The van der Waals surface area contributed by atoms with Crippen LogP contribution >= 0.6 is 15.9 Å². The van der Waals surface area contributed by atoms with Crippen molar-refractivity contribution in [3.8, 4) is 0 Å². The van der Waals surface area contributed by atoms with E-state index in [1.807, 2.05) is 4.90 Å². The molecule has 1 aromatic heterocycles. The summed E-state index contributed by atoms with van der Waals surface area (Å²) in [6.45, 7) is 1.22. The number of carbonyl (C=O) groups is 1. The summed E-state index contributed by atoms with van der Waals surface area (Å²) in [5, 5.41) is 3.00. The Kier molecular flexibility index (Phi) is 3.43. The molecule has 1 amide bonds. The minimum atomic E-state index is -0.349. The summed E-state index contributed by atoms with van der Waals surface area (Å²) in [5.74, 6) is 0.0375. The van der Waals surface area contributed by atoms with Crippen LogP contribution in [0.25, 0.3) is 0 Å². The average molecular weight is 328 g/mol. The molecule has 6 heteroatoms. The van der Waals surface area contributed by atoms with Gasteiger partial charge in [0.1, 0.15) is 0 Å². The van der Waals surface area contributed by atoms with Crippen LogP contribution in [0.5, 0.6) is 0 Å². The van der Waals surface area contributed by atoms with E-state index in [0.29, 0.717) is 29.4 Å². The number of nitrogens with one attached hydrogen (secondary N) is 1. The summed E-state index contributed by atoms with van der Waals surface area (Å²) in [4.78, 5) is 17.9. The Labute approximate surface area is 119 Å². The molecule has 1 saturated carbocycles. The van der Waals surface area contributed by atoms with Crippen molar-refractivity contribution in [1.29, 1.82) is 0 Å². The molecule has 2 fully saturated rings. The topological polar surface area (TPSA) is 45.2 Å². The van der Waals surface area contributed by atoms with Gasteiger partial charge in [-0.25, -0.2) is 9.37 Å². The second-order valence-electron chi connectivity index (χ2n) is 5.17. The molecule has 0 radical (unpaired) electrons. The van der Waals surface area contributed by atoms with Crippen LogP contribution < -0.4 is 10.2 Å². The Morgan fingerprint density at radius 1 is 1.47 bits per heavy atom. The first kappa shape index (κ1) is 12.8. The van der Waals surface area contributed by atoms with Gasteiger partial charge in [-0.1, -0.05) is 0 Å². The Morgan fingerprint density at radius 3 is 2.95 bits per heavy atom. The van der Waals surface area contributed by atoms with Gasteiger partial charge >= 0.3 is 0 Å². The molecule has 2 aliphatic rings. The van der Waals surface area contributed by atoms with Gasteiger partial charge in [-0.05, 0) is 41.3 Å². The molecule has 0 spiro atoms. The summed E-state index contributed by atoms with van der Waals surface area (Å²) in [7, 11) is 0. The van der Waals surface area contributed by atoms with E-state index in [1.165, 1.54) is 6.07 Å². The lowest BCUT2D eigenvalue weighted by atomic mass is 10.1. The van der Waals surface area contributed by atoms with E-state index in [0.717, 1.165) is 19.3 Å². The number of rotatable bonds is 3. The molecule has 1 atom stereocenters. The number of aromatic nitrogens is 1. The number of nitrogens with zero attached hydrogens (tertiary/aromatic N) is 2. The third kappa shape index (κ3) is 2.88. The molecule has 1 N–H and O–H groups in total. The summed E-state index contributed by atoms with van der Waals surface area (Å²) in [6.07, 6.45) is 4.52. The fourth-order valence-electron chi connectivity index (χ4n) is 2.35. The normalized spacial score (nSPS) is 22.6. The van der Waals surface area contributed by atoms with Crippen LogP contribution in [0.4, 0.5) is 10.2 Å². The SMILES string of the molecule is O=C(NC1CC1)C1CCN(c2ncc(Br)cc2F)C1. The minimum Gasteiger partial charge on any atom is -0.353 e. The van der Waals surface area contributed by atoms with Crippen LogP contribution in [0.3, 0.4) is 0 Å². The van der Waals surface area contributed by atoms with Crippen LogP contribution in [0.15, 0.2) is 16.7 Å². The summed E-state index contributed by atoms with van der Waals surface area (Å²) < 4.78 is 14.4. The predicted molar refractivity (Wildman–Crippen MR) is 73.4 cm³/mol. The Hall–Kier alpha value is -1.17. The number of carbonyl (C=O) groups excluding carboxylic acids is 1.